The van der Waals surface area contributed by atoms with Gasteiger partial charge in [0.05, 0.1) is 0 Å². The maximum Gasteiger partial charge on any atom is 0.139 e. The number of unbranched alkanes of at least 4 members (excludes halogenated alkanes) is 2. The average Bonchev–Trinajstić information content (AvgIpc) is 3.03. The molecule has 5 aromatic carbocycles. The van der Waals surface area contributed by atoms with Crippen molar-refractivity contribution < 1.29 is 0 Å². The molecule has 5 aromatic rings. The highest BCUT2D eigenvalue weighted by Crippen LogP contribution is 2.39. The van der Waals surface area contributed by atoms with E-state index in [-0.39, 0.29) is 0 Å². The number of anilines is 6. The predicted octanol–water partition coefficient (Wildman–Crippen LogP) is 10.3. The predicted molar refractivity (Wildman–Crippen MR) is 189 cm³/mol. The second-order valence-electron chi connectivity index (χ2n) is 11.0. The number of halogens is 1. The molecule has 0 saturated heterocycles. The van der Waals surface area contributed by atoms with Gasteiger partial charge in [-0.2, -0.15) is 0 Å². The van der Waals surface area contributed by atoms with Gasteiger partial charge < -0.3 is 9.80 Å². The molecule has 0 atom stereocenters. The van der Waals surface area contributed by atoms with Gasteiger partial charge in [0.2, 0.25) is 0 Å². The van der Waals surface area contributed by atoms with E-state index in [1.807, 2.05) is 0 Å². The minimum absolute atomic E-state index is 1.07. The smallest absolute Gasteiger partial charge is 0.139 e. The molecule has 0 radical (unpaired) electrons. The second kappa shape index (κ2) is 14.4. The van der Waals surface area contributed by atoms with Gasteiger partial charge in [-0.25, -0.2) is 0 Å². The summed E-state index contributed by atoms with van der Waals surface area (Å²) in [7, 11) is 2.14. The number of hydrogen-bond acceptors (Lipinski definition) is 2. The summed E-state index contributed by atoms with van der Waals surface area (Å²) in [4.78, 5) is 4.68. The number of rotatable bonds is 12. The van der Waals surface area contributed by atoms with Gasteiger partial charge in [-0.1, -0.05) is 84.5 Å². The summed E-state index contributed by atoms with van der Waals surface area (Å²) in [6.07, 6.45) is 7.11. The van der Waals surface area contributed by atoms with E-state index < -0.39 is 0 Å². The molecule has 0 unspecified atom stereocenters. The van der Waals surface area contributed by atoms with Crippen LogP contribution in [0.5, 0.6) is 0 Å². The van der Waals surface area contributed by atoms with E-state index >= 15 is 0 Å². The summed E-state index contributed by atoms with van der Waals surface area (Å²) in [6, 6.07) is 44.4. The van der Waals surface area contributed by atoms with Crippen molar-refractivity contribution in [2.75, 3.05) is 9.80 Å². The summed E-state index contributed by atoms with van der Waals surface area (Å²) < 4.78 is 1.07. The highest BCUT2D eigenvalue weighted by molar-refractivity contribution is 9.10. The second-order valence-corrected chi connectivity index (χ2v) is 12.0. The Bertz CT molecular complexity index is 1410. The van der Waals surface area contributed by atoms with Crippen molar-refractivity contribution in [3.63, 3.8) is 0 Å². The minimum atomic E-state index is 1.07. The summed E-state index contributed by atoms with van der Waals surface area (Å²) in [5, 5.41) is 0. The molecule has 0 bridgehead atoms. The molecular weight excluding hydrogens is 575 g/mol. The van der Waals surface area contributed by atoms with Crippen LogP contribution in [0.4, 0.5) is 34.1 Å². The maximum absolute atomic E-state index is 3.61. The molecule has 0 heterocycles. The van der Waals surface area contributed by atoms with E-state index in [0.29, 0.717) is 0 Å². The Morgan fingerprint density at radius 3 is 1.07 bits per heavy atom. The summed E-state index contributed by atoms with van der Waals surface area (Å²) in [5.74, 6) is 0. The molecule has 0 aliphatic rings. The number of nitrogens with zero attached hydrogens (tertiary/aromatic N) is 2. The first-order valence-electron chi connectivity index (χ1n) is 15.3. The molecule has 0 aliphatic heterocycles. The highest BCUT2D eigenvalue weighted by Gasteiger charge is 2.16. The van der Waals surface area contributed by atoms with E-state index in [1.54, 1.807) is 0 Å². The van der Waals surface area contributed by atoms with Crippen molar-refractivity contribution in [2.45, 2.75) is 52.4 Å². The Labute approximate surface area is 261 Å². The zero-order valence-corrected chi connectivity index (χ0v) is 26.6. The molecule has 0 fully saturated rings. The maximum atomic E-state index is 3.61. The lowest BCUT2D eigenvalue weighted by atomic mass is 9.96. The van der Waals surface area contributed by atoms with Gasteiger partial charge in [0.15, 0.2) is 0 Å². The largest absolute Gasteiger partial charge is 0.311 e. The van der Waals surface area contributed by atoms with E-state index in [4.69, 9.17) is 0 Å². The lowest BCUT2D eigenvalue weighted by Gasteiger charge is -2.28. The molecule has 0 aliphatic carbocycles. The van der Waals surface area contributed by atoms with Gasteiger partial charge in [0.25, 0.3) is 0 Å². The lowest BCUT2D eigenvalue weighted by Crippen LogP contribution is -2.13. The Balaban J connectivity index is 1.51. The topological polar surface area (TPSA) is 6.48 Å². The van der Waals surface area contributed by atoms with Gasteiger partial charge >= 0.3 is 0 Å². The fourth-order valence-electron chi connectivity index (χ4n) is 5.31. The van der Waals surface area contributed by atoms with Gasteiger partial charge in [-0.05, 0) is 122 Å². The van der Waals surface area contributed by atoms with Crippen LogP contribution in [-0.4, -0.2) is 7.85 Å². The number of hydrogen-bond donors (Lipinski definition) is 0. The Kier molecular flexibility index (Phi) is 10.2. The lowest BCUT2D eigenvalue weighted by molar-refractivity contribution is 0.795. The Hall–Kier alpha value is -3.76. The third-order valence-corrected chi connectivity index (χ3v) is 8.30. The van der Waals surface area contributed by atoms with E-state index in [2.05, 4.69) is 169 Å². The minimum Gasteiger partial charge on any atom is -0.311 e. The zero-order valence-electron chi connectivity index (χ0n) is 25.1. The van der Waals surface area contributed by atoms with Crippen molar-refractivity contribution in [2.24, 2.45) is 0 Å². The van der Waals surface area contributed by atoms with E-state index in [9.17, 15) is 0 Å². The average molecular weight is 615 g/mol. The van der Waals surface area contributed by atoms with Crippen LogP contribution >= 0.6 is 15.9 Å². The van der Waals surface area contributed by atoms with Crippen LogP contribution in [0.25, 0.3) is 0 Å². The van der Waals surface area contributed by atoms with Crippen LogP contribution in [0.15, 0.2) is 126 Å². The van der Waals surface area contributed by atoms with Crippen molar-refractivity contribution in [1.82, 2.24) is 0 Å². The number of benzene rings is 5. The molecule has 5 rings (SSSR count). The fourth-order valence-corrected chi connectivity index (χ4v) is 5.58. The molecule has 212 valence electrons. The Morgan fingerprint density at radius 2 is 0.738 bits per heavy atom. The van der Waals surface area contributed by atoms with Gasteiger partial charge in [-0.3, -0.25) is 0 Å². The van der Waals surface area contributed by atoms with Crippen molar-refractivity contribution in [3.05, 3.63) is 137 Å². The quantitative estimate of drug-likeness (QED) is 0.129. The first kappa shape index (κ1) is 29.7. The molecule has 42 heavy (non-hydrogen) atoms. The molecule has 0 saturated carbocycles. The summed E-state index contributed by atoms with van der Waals surface area (Å²) in [5.41, 5.74) is 10.9. The molecule has 0 N–H and O–H groups in total. The van der Waals surface area contributed by atoms with Crippen molar-refractivity contribution in [1.29, 1.82) is 0 Å². The monoisotopic (exact) mass is 614 g/mol. The van der Waals surface area contributed by atoms with Crippen LogP contribution in [-0.2, 0) is 12.8 Å². The third kappa shape index (κ3) is 7.35. The molecule has 4 heteroatoms. The molecule has 2 nitrogen and oxygen atoms in total. The van der Waals surface area contributed by atoms with Crippen molar-refractivity contribution >= 4 is 63.4 Å². The fraction of sp³-hybridized carbons (Fsp3) is 0.211. The molecular formula is C38H40BBrN2. The first-order valence-corrected chi connectivity index (χ1v) is 16.1. The van der Waals surface area contributed by atoms with Gasteiger partial charge in [-0.15, -0.1) is 0 Å². The van der Waals surface area contributed by atoms with E-state index in [0.717, 1.165) is 45.8 Å². The van der Waals surface area contributed by atoms with Crippen LogP contribution in [0.1, 0.15) is 50.7 Å². The SMILES string of the molecule is Bc1ccc(N(c2ccc(CCCC)cc2)c2ccc(N(c3ccc(Br)cc3)c3ccc(CCCC)cc3)cc2)cc1. The van der Waals surface area contributed by atoms with Crippen LogP contribution in [0.2, 0.25) is 0 Å². The molecule has 0 amide bonds. The van der Waals surface area contributed by atoms with Gasteiger partial charge in [0, 0.05) is 38.6 Å². The number of aryl methyl sites for hydroxylation is 2. The summed E-state index contributed by atoms with van der Waals surface area (Å²) in [6.45, 7) is 4.49. The van der Waals surface area contributed by atoms with Gasteiger partial charge in [0.1, 0.15) is 7.85 Å². The van der Waals surface area contributed by atoms with Crippen LogP contribution in [0, 0.1) is 0 Å². The first-order chi connectivity index (χ1) is 20.6. The van der Waals surface area contributed by atoms with E-state index in [1.165, 1.54) is 48.0 Å². The van der Waals surface area contributed by atoms with Crippen LogP contribution < -0.4 is 15.3 Å². The van der Waals surface area contributed by atoms with Crippen LogP contribution in [0.3, 0.4) is 0 Å². The highest BCUT2D eigenvalue weighted by atomic mass is 79.9. The summed E-state index contributed by atoms with van der Waals surface area (Å²) >= 11 is 3.61. The van der Waals surface area contributed by atoms with Crippen molar-refractivity contribution in [3.8, 4) is 0 Å². The normalized spacial score (nSPS) is 10.9. The standard InChI is InChI=1S/C38H40BBrN2/c1-3-5-7-29-9-17-33(18-10-29)41(35-21-13-31(39)14-22-35)37-25-27-38(28-26-37)42(36-23-15-32(40)16-24-36)34-19-11-30(12-20-34)8-6-4-2/h9-28H,3-8,39H2,1-2H3. The Morgan fingerprint density at radius 1 is 0.452 bits per heavy atom. The zero-order chi connectivity index (χ0) is 29.3. The molecule has 0 aromatic heterocycles. The third-order valence-electron chi connectivity index (χ3n) is 7.77. The molecule has 0 spiro atoms.